The quantitative estimate of drug-likeness (QED) is 0.700. The monoisotopic (exact) mass is 215 g/mol. The minimum atomic E-state index is -4.13. The number of halogens is 3. The average molecular weight is 215 g/mol. The molecule has 0 radical (unpaired) electrons. The molecule has 15 heavy (non-hydrogen) atoms. The molecule has 0 fully saturated rings. The van der Waals surface area contributed by atoms with E-state index in [9.17, 15) is 13.2 Å². The van der Waals surface area contributed by atoms with Crippen LogP contribution in [-0.2, 0) is 6.42 Å². The van der Waals surface area contributed by atoms with Gasteiger partial charge in [-0.15, -0.1) is 0 Å². The van der Waals surface area contributed by atoms with E-state index in [2.05, 4.69) is 5.32 Å². The van der Waals surface area contributed by atoms with Gasteiger partial charge in [0, 0.05) is 11.7 Å². The van der Waals surface area contributed by atoms with Crippen LogP contribution in [0.4, 0.5) is 18.9 Å². The standard InChI is InChI=1S/C11H12F3N/c1-7-9(11(12,13)14)6-8-4-2-3-5-10(8)15-7/h2-5,7,9,15H,6H2,1H3. The van der Waals surface area contributed by atoms with Crippen molar-refractivity contribution in [2.24, 2.45) is 5.92 Å². The molecule has 82 valence electrons. The molecule has 0 amide bonds. The van der Waals surface area contributed by atoms with Crippen LogP contribution in [0.15, 0.2) is 24.3 Å². The lowest BCUT2D eigenvalue weighted by atomic mass is 9.88. The van der Waals surface area contributed by atoms with Crippen LogP contribution in [-0.4, -0.2) is 12.2 Å². The van der Waals surface area contributed by atoms with Gasteiger partial charge in [0.1, 0.15) is 0 Å². The number of benzene rings is 1. The Bertz CT molecular complexity index is 359. The average Bonchev–Trinajstić information content (AvgIpc) is 2.15. The third kappa shape index (κ3) is 1.94. The highest BCUT2D eigenvalue weighted by atomic mass is 19.4. The van der Waals surface area contributed by atoms with Crippen molar-refractivity contribution in [3.05, 3.63) is 29.8 Å². The second kappa shape index (κ2) is 3.43. The predicted octanol–water partition coefficient (Wildman–Crippen LogP) is 3.22. The first-order valence-electron chi connectivity index (χ1n) is 4.89. The Balaban J connectivity index is 2.30. The fraction of sp³-hybridized carbons (Fsp3) is 0.455. The summed E-state index contributed by atoms with van der Waals surface area (Å²) in [7, 11) is 0. The summed E-state index contributed by atoms with van der Waals surface area (Å²) in [5, 5.41) is 2.90. The first-order valence-corrected chi connectivity index (χ1v) is 4.89. The molecule has 1 heterocycles. The summed E-state index contributed by atoms with van der Waals surface area (Å²) in [6.07, 6.45) is -4.05. The molecular formula is C11H12F3N. The van der Waals surface area contributed by atoms with E-state index >= 15 is 0 Å². The van der Waals surface area contributed by atoms with Crippen molar-refractivity contribution in [1.29, 1.82) is 0 Å². The zero-order chi connectivity index (χ0) is 11.1. The first-order chi connectivity index (χ1) is 6.98. The van der Waals surface area contributed by atoms with Gasteiger partial charge in [0.15, 0.2) is 0 Å². The maximum Gasteiger partial charge on any atom is 0.394 e. The fourth-order valence-corrected chi connectivity index (χ4v) is 2.00. The van der Waals surface area contributed by atoms with Crippen LogP contribution in [0.25, 0.3) is 0 Å². The van der Waals surface area contributed by atoms with Crippen LogP contribution in [0.5, 0.6) is 0 Å². The van der Waals surface area contributed by atoms with E-state index in [1.807, 2.05) is 12.1 Å². The second-order valence-electron chi connectivity index (χ2n) is 3.94. The molecule has 0 bridgehead atoms. The van der Waals surface area contributed by atoms with Gasteiger partial charge in [0.25, 0.3) is 0 Å². The molecule has 0 saturated carbocycles. The maximum absolute atomic E-state index is 12.6. The molecule has 2 rings (SSSR count). The zero-order valence-electron chi connectivity index (χ0n) is 8.31. The minimum Gasteiger partial charge on any atom is -0.382 e. The van der Waals surface area contributed by atoms with Crippen molar-refractivity contribution < 1.29 is 13.2 Å². The van der Waals surface area contributed by atoms with E-state index in [4.69, 9.17) is 0 Å². The van der Waals surface area contributed by atoms with Gasteiger partial charge < -0.3 is 5.32 Å². The Hall–Kier alpha value is -1.19. The van der Waals surface area contributed by atoms with Crippen molar-refractivity contribution in [3.8, 4) is 0 Å². The number of para-hydroxylation sites is 1. The highest BCUT2D eigenvalue weighted by Crippen LogP contribution is 2.37. The summed E-state index contributed by atoms with van der Waals surface area (Å²) in [6, 6.07) is 6.60. The van der Waals surface area contributed by atoms with Gasteiger partial charge >= 0.3 is 6.18 Å². The Labute approximate surface area is 86.3 Å². The third-order valence-corrected chi connectivity index (χ3v) is 2.86. The molecule has 0 saturated heterocycles. The normalized spacial score (nSPS) is 25.6. The smallest absolute Gasteiger partial charge is 0.382 e. The molecule has 1 aromatic rings. The maximum atomic E-state index is 12.6. The van der Waals surface area contributed by atoms with Gasteiger partial charge in [-0.25, -0.2) is 0 Å². The van der Waals surface area contributed by atoms with Crippen molar-refractivity contribution in [3.63, 3.8) is 0 Å². The molecule has 1 aliphatic rings. The van der Waals surface area contributed by atoms with Gasteiger partial charge in [-0.1, -0.05) is 18.2 Å². The highest BCUT2D eigenvalue weighted by Gasteiger charge is 2.45. The van der Waals surface area contributed by atoms with Crippen LogP contribution in [0.1, 0.15) is 12.5 Å². The predicted molar refractivity (Wildman–Crippen MR) is 52.8 cm³/mol. The number of anilines is 1. The van der Waals surface area contributed by atoms with Crippen LogP contribution < -0.4 is 5.32 Å². The summed E-state index contributed by atoms with van der Waals surface area (Å²) in [5.74, 6) is -1.28. The topological polar surface area (TPSA) is 12.0 Å². The van der Waals surface area contributed by atoms with Gasteiger partial charge in [0.05, 0.1) is 5.92 Å². The van der Waals surface area contributed by atoms with E-state index in [-0.39, 0.29) is 6.42 Å². The molecule has 1 aromatic carbocycles. The van der Waals surface area contributed by atoms with Crippen LogP contribution in [0.3, 0.4) is 0 Å². The van der Waals surface area contributed by atoms with Crippen molar-refractivity contribution >= 4 is 5.69 Å². The lowest BCUT2D eigenvalue weighted by Gasteiger charge is -2.33. The van der Waals surface area contributed by atoms with Crippen molar-refractivity contribution in [1.82, 2.24) is 0 Å². The molecule has 2 unspecified atom stereocenters. The summed E-state index contributed by atoms with van der Waals surface area (Å²) < 4.78 is 37.9. The number of hydrogen-bond acceptors (Lipinski definition) is 1. The van der Waals surface area contributed by atoms with E-state index in [1.165, 1.54) is 0 Å². The number of hydrogen-bond donors (Lipinski definition) is 1. The number of nitrogens with one attached hydrogen (secondary N) is 1. The van der Waals surface area contributed by atoms with Crippen LogP contribution in [0, 0.1) is 5.92 Å². The summed E-state index contributed by atoms with van der Waals surface area (Å²) >= 11 is 0. The summed E-state index contributed by atoms with van der Waals surface area (Å²) in [4.78, 5) is 0. The zero-order valence-corrected chi connectivity index (χ0v) is 8.31. The fourth-order valence-electron chi connectivity index (χ4n) is 2.00. The third-order valence-electron chi connectivity index (χ3n) is 2.86. The Morgan fingerprint density at radius 2 is 1.93 bits per heavy atom. The first kappa shape index (κ1) is 10.3. The summed E-state index contributed by atoms with van der Waals surface area (Å²) in [5.41, 5.74) is 1.57. The number of alkyl halides is 3. The van der Waals surface area contributed by atoms with E-state index in [1.54, 1.807) is 19.1 Å². The molecule has 0 spiro atoms. The highest BCUT2D eigenvalue weighted by molar-refractivity contribution is 5.54. The van der Waals surface area contributed by atoms with E-state index < -0.39 is 18.1 Å². The minimum absolute atomic E-state index is 0.0772. The molecule has 0 aromatic heterocycles. The van der Waals surface area contributed by atoms with Crippen LogP contribution >= 0.6 is 0 Å². The summed E-state index contributed by atoms with van der Waals surface area (Å²) in [6.45, 7) is 1.58. The Morgan fingerprint density at radius 3 is 2.60 bits per heavy atom. The van der Waals surface area contributed by atoms with Crippen molar-refractivity contribution in [2.75, 3.05) is 5.32 Å². The molecular weight excluding hydrogens is 203 g/mol. The van der Waals surface area contributed by atoms with Gasteiger partial charge in [0.2, 0.25) is 0 Å². The van der Waals surface area contributed by atoms with Gasteiger partial charge in [-0.3, -0.25) is 0 Å². The van der Waals surface area contributed by atoms with Gasteiger partial charge in [-0.05, 0) is 25.0 Å². The van der Waals surface area contributed by atoms with E-state index in [0.29, 0.717) is 0 Å². The SMILES string of the molecule is CC1Nc2ccccc2CC1C(F)(F)F. The molecule has 2 atom stereocenters. The van der Waals surface area contributed by atoms with E-state index in [0.717, 1.165) is 11.3 Å². The molecule has 1 N–H and O–H groups in total. The Morgan fingerprint density at radius 1 is 1.27 bits per heavy atom. The van der Waals surface area contributed by atoms with Crippen molar-refractivity contribution in [2.45, 2.75) is 25.6 Å². The largest absolute Gasteiger partial charge is 0.394 e. The number of fused-ring (bicyclic) bond motifs is 1. The lowest BCUT2D eigenvalue weighted by Crippen LogP contribution is -2.41. The molecule has 4 heteroatoms. The molecule has 1 aliphatic heterocycles. The Kier molecular flexibility index (Phi) is 2.37. The second-order valence-corrected chi connectivity index (χ2v) is 3.94. The lowest BCUT2D eigenvalue weighted by molar-refractivity contribution is -0.177. The number of rotatable bonds is 0. The molecule has 1 nitrogen and oxygen atoms in total. The van der Waals surface area contributed by atoms with Crippen LogP contribution in [0.2, 0.25) is 0 Å². The molecule has 0 aliphatic carbocycles. The van der Waals surface area contributed by atoms with Gasteiger partial charge in [-0.2, -0.15) is 13.2 Å².